The van der Waals surface area contributed by atoms with Crippen LogP contribution in [0.4, 0.5) is 0 Å². The number of carboxylic acid groups (broad SMARTS) is 1. The number of aryl methyl sites for hydroxylation is 1. The van der Waals surface area contributed by atoms with Crippen molar-refractivity contribution in [3.05, 3.63) is 35.4 Å². The van der Waals surface area contributed by atoms with Crippen molar-refractivity contribution in [1.29, 1.82) is 0 Å². The lowest BCUT2D eigenvalue weighted by atomic mass is 9.99. The van der Waals surface area contributed by atoms with E-state index in [-0.39, 0.29) is 18.1 Å². The summed E-state index contributed by atoms with van der Waals surface area (Å²) >= 11 is 0. The van der Waals surface area contributed by atoms with Crippen LogP contribution in [0, 0.1) is 11.8 Å². The highest BCUT2D eigenvalue weighted by molar-refractivity contribution is 7.90. The number of rotatable bonds is 6. The van der Waals surface area contributed by atoms with Crippen LogP contribution in [-0.4, -0.2) is 31.2 Å². The molecule has 1 saturated carbocycles. The quantitative estimate of drug-likeness (QED) is 0.814. The van der Waals surface area contributed by atoms with Crippen molar-refractivity contribution < 1.29 is 23.1 Å². The lowest BCUT2D eigenvalue weighted by molar-refractivity contribution is -0.140. The summed E-state index contributed by atoms with van der Waals surface area (Å²) in [4.78, 5) is 22.5. The SMILES string of the molecule is O=C(O)[C@@H]1C[C@H]1C(=O)NS(=O)(=O)CCC1CCc2ccccc21. The number of hydrogen-bond donors (Lipinski definition) is 2. The monoisotopic (exact) mass is 337 g/mol. The number of hydrogen-bond acceptors (Lipinski definition) is 4. The topological polar surface area (TPSA) is 101 Å². The van der Waals surface area contributed by atoms with E-state index in [1.807, 2.05) is 22.9 Å². The molecule has 124 valence electrons. The number of carbonyl (C=O) groups excluding carboxylic acids is 1. The van der Waals surface area contributed by atoms with Gasteiger partial charge in [0.05, 0.1) is 17.6 Å². The number of nitrogens with one attached hydrogen (secondary N) is 1. The highest BCUT2D eigenvalue weighted by Gasteiger charge is 2.49. The Labute approximate surface area is 134 Å². The Bertz CT molecular complexity index is 743. The zero-order valence-electron chi connectivity index (χ0n) is 12.6. The van der Waals surface area contributed by atoms with E-state index < -0.39 is 33.7 Å². The van der Waals surface area contributed by atoms with Gasteiger partial charge < -0.3 is 5.11 Å². The number of amides is 1. The molecule has 0 spiro atoms. The second-order valence-corrected chi connectivity index (χ2v) is 8.14. The number of sulfonamides is 1. The summed E-state index contributed by atoms with van der Waals surface area (Å²) in [6, 6.07) is 8.02. The number of fused-ring (bicyclic) bond motifs is 1. The fourth-order valence-electron chi connectivity index (χ4n) is 3.28. The zero-order valence-corrected chi connectivity index (χ0v) is 13.4. The summed E-state index contributed by atoms with van der Waals surface area (Å²) in [6.07, 6.45) is 2.56. The molecule has 0 saturated heterocycles. The fourth-order valence-corrected chi connectivity index (χ4v) is 4.44. The Morgan fingerprint density at radius 2 is 1.96 bits per heavy atom. The van der Waals surface area contributed by atoms with Crippen molar-refractivity contribution in [3.8, 4) is 0 Å². The van der Waals surface area contributed by atoms with Crippen LogP contribution in [-0.2, 0) is 26.0 Å². The van der Waals surface area contributed by atoms with Crippen LogP contribution in [0.25, 0.3) is 0 Å². The van der Waals surface area contributed by atoms with E-state index in [4.69, 9.17) is 5.11 Å². The first-order chi connectivity index (χ1) is 10.9. The molecule has 0 heterocycles. The molecule has 1 unspecified atom stereocenters. The first kappa shape index (κ1) is 16.0. The Morgan fingerprint density at radius 1 is 1.22 bits per heavy atom. The third kappa shape index (κ3) is 3.55. The van der Waals surface area contributed by atoms with Gasteiger partial charge in [0.1, 0.15) is 0 Å². The molecule has 3 atom stereocenters. The van der Waals surface area contributed by atoms with Crippen LogP contribution in [0.15, 0.2) is 24.3 Å². The van der Waals surface area contributed by atoms with Crippen LogP contribution in [0.1, 0.15) is 36.3 Å². The van der Waals surface area contributed by atoms with Crippen LogP contribution in [0.2, 0.25) is 0 Å². The highest BCUT2D eigenvalue weighted by atomic mass is 32.2. The molecule has 0 aliphatic heterocycles. The van der Waals surface area contributed by atoms with Gasteiger partial charge in [0.25, 0.3) is 0 Å². The van der Waals surface area contributed by atoms with Crippen molar-refractivity contribution in [3.63, 3.8) is 0 Å². The fraction of sp³-hybridized carbons (Fsp3) is 0.500. The van der Waals surface area contributed by atoms with Crippen molar-refractivity contribution in [2.75, 3.05) is 5.75 Å². The predicted molar refractivity (Wildman–Crippen MR) is 83.3 cm³/mol. The minimum Gasteiger partial charge on any atom is -0.481 e. The van der Waals surface area contributed by atoms with Gasteiger partial charge >= 0.3 is 5.97 Å². The number of aliphatic carboxylic acids is 1. The van der Waals surface area contributed by atoms with Gasteiger partial charge in [0.2, 0.25) is 15.9 Å². The van der Waals surface area contributed by atoms with E-state index in [0.29, 0.717) is 6.42 Å². The summed E-state index contributed by atoms with van der Waals surface area (Å²) in [5.41, 5.74) is 2.46. The van der Waals surface area contributed by atoms with Crippen molar-refractivity contribution in [1.82, 2.24) is 4.72 Å². The van der Waals surface area contributed by atoms with E-state index in [2.05, 4.69) is 6.07 Å². The average Bonchev–Trinajstić information content (AvgIpc) is 3.20. The first-order valence-electron chi connectivity index (χ1n) is 7.72. The van der Waals surface area contributed by atoms with E-state index in [1.54, 1.807) is 0 Å². The van der Waals surface area contributed by atoms with E-state index in [0.717, 1.165) is 12.8 Å². The van der Waals surface area contributed by atoms with Crippen molar-refractivity contribution in [2.24, 2.45) is 11.8 Å². The molecule has 1 aromatic rings. The molecule has 1 fully saturated rings. The smallest absolute Gasteiger partial charge is 0.307 e. The molecular formula is C16H19NO5S. The largest absolute Gasteiger partial charge is 0.481 e. The Morgan fingerprint density at radius 3 is 2.65 bits per heavy atom. The second kappa shape index (κ2) is 5.96. The van der Waals surface area contributed by atoms with Crippen LogP contribution in [0.3, 0.4) is 0 Å². The maximum absolute atomic E-state index is 12.0. The average molecular weight is 337 g/mol. The van der Waals surface area contributed by atoms with Crippen molar-refractivity contribution >= 4 is 21.9 Å². The molecule has 7 heteroatoms. The summed E-state index contributed by atoms with van der Waals surface area (Å²) in [5, 5.41) is 8.78. The normalized spacial score (nSPS) is 25.7. The molecule has 0 aromatic heterocycles. The van der Waals surface area contributed by atoms with Gasteiger partial charge in [-0.25, -0.2) is 8.42 Å². The lowest BCUT2D eigenvalue weighted by Crippen LogP contribution is -2.34. The molecule has 1 aromatic carbocycles. The number of carboxylic acids is 1. The maximum Gasteiger partial charge on any atom is 0.307 e. The van der Waals surface area contributed by atoms with Gasteiger partial charge in [0, 0.05) is 0 Å². The molecule has 0 bridgehead atoms. The maximum atomic E-state index is 12.0. The van der Waals surface area contributed by atoms with E-state index in [9.17, 15) is 18.0 Å². The van der Waals surface area contributed by atoms with E-state index in [1.165, 1.54) is 11.1 Å². The second-order valence-electron chi connectivity index (χ2n) is 6.30. The minimum absolute atomic E-state index is 0.123. The van der Waals surface area contributed by atoms with Crippen LogP contribution < -0.4 is 4.72 Å². The van der Waals surface area contributed by atoms with Gasteiger partial charge in [-0.2, -0.15) is 0 Å². The molecular weight excluding hydrogens is 318 g/mol. The Balaban J connectivity index is 1.54. The molecule has 0 radical (unpaired) electrons. The summed E-state index contributed by atoms with van der Waals surface area (Å²) < 4.78 is 26.1. The molecule has 2 N–H and O–H groups in total. The number of carbonyl (C=O) groups is 2. The zero-order chi connectivity index (χ0) is 16.6. The first-order valence-corrected chi connectivity index (χ1v) is 9.37. The van der Waals surface area contributed by atoms with Crippen molar-refractivity contribution in [2.45, 2.75) is 31.6 Å². The summed E-state index contributed by atoms with van der Waals surface area (Å²) in [7, 11) is -3.72. The van der Waals surface area contributed by atoms with Crippen LogP contribution >= 0.6 is 0 Å². The van der Waals surface area contributed by atoms with Gasteiger partial charge in [-0.15, -0.1) is 0 Å². The molecule has 2 aliphatic carbocycles. The van der Waals surface area contributed by atoms with Gasteiger partial charge in [-0.05, 0) is 42.7 Å². The number of benzene rings is 1. The standard InChI is InChI=1S/C16H19NO5S/c18-15(13-9-14(13)16(19)20)17-23(21,22)8-7-11-6-5-10-3-1-2-4-12(10)11/h1-4,11,13-14H,5-9H2,(H,17,18)(H,19,20)/t11?,13-,14-/m1/s1. The molecule has 1 amide bonds. The highest BCUT2D eigenvalue weighted by Crippen LogP contribution is 2.39. The predicted octanol–water partition coefficient (Wildman–Crippen LogP) is 1.27. The van der Waals surface area contributed by atoms with Gasteiger partial charge in [-0.3, -0.25) is 14.3 Å². The third-order valence-electron chi connectivity index (χ3n) is 4.69. The lowest BCUT2D eigenvalue weighted by Gasteiger charge is -2.12. The minimum atomic E-state index is -3.72. The molecule has 6 nitrogen and oxygen atoms in total. The van der Waals surface area contributed by atoms with Gasteiger partial charge in [0.15, 0.2) is 0 Å². The molecule has 23 heavy (non-hydrogen) atoms. The summed E-state index contributed by atoms with van der Waals surface area (Å²) in [6.45, 7) is 0. The Hall–Kier alpha value is -1.89. The summed E-state index contributed by atoms with van der Waals surface area (Å²) in [5.74, 6) is -3.12. The third-order valence-corrected chi connectivity index (χ3v) is 5.98. The Kier molecular flexibility index (Phi) is 4.14. The van der Waals surface area contributed by atoms with E-state index >= 15 is 0 Å². The molecule has 2 aliphatic rings. The van der Waals surface area contributed by atoms with Crippen LogP contribution in [0.5, 0.6) is 0 Å². The van der Waals surface area contributed by atoms with Gasteiger partial charge in [-0.1, -0.05) is 24.3 Å². The molecule has 3 rings (SSSR count).